The summed E-state index contributed by atoms with van der Waals surface area (Å²) in [6.45, 7) is 0. The van der Waals surface area contributed by atoms with E-state index >= 15 is 0 Å². The van der Waals surface area contributed by atoms with Gasteiger partial charge < -0.3 is 5.32 Å². The van der Waals surface area contributed by atoms with E-state index in [2.05, 4.69) is 17.4 Å². The SMILES string of the molecule is CN(C(=O)NC1(c2ccccc2)CCCC1)c1ccccc1. The number of para-hydroxylation sites is 1. The molecule has 3 rings (SSSR count). The molecule has 1 aliphatic carbocycles. The van der Waals surface area contributed by atoms with E-state index in [1.807, 2.05) is 55.6 Å². The smallest absolute Gasteiger partial charge is 0.322 e. The standard InChI is InChI=1S/C19H22N2O/c1-21(17-12-6-3-7-13-17)18(22)20-19(14-8-9-15-19)16-10-4-2-5-11-16/h2-7,10-13H,8-9,14-15H2,1H3,(H,20,22). The number of carbonyl (C=O) groups excluding carboxylic acids is 1. The first-order chi connectivity index (χ1) is 10.7. The van der Waals surface area contributed by atoms with Crippen LogP contribution in [-0.2, 0) is 5.54 Å². The Hall–Kier alpha value is -2.29. The summed E-state index contributed by atoms with van der Waals surface area (Å²) in [5.41, 5.74) is 1.89. The van der Waals surface area contributed by atoms with Crippen LogP contribution in [0.5, 0.6) is 0 Å². The highest BCUT2D eigenvalue weighted by Gasteiger charge is 2.37. The third-order valence-corrected chi connectivity index (χ3v) is 4.58. The summed E-state index contributed by atoms with van der Waals surface area (Å²) in [5.74, 6) is 0. The van der Waals surface area contributed by atoms with Gasteiger partial charge in [-0.25, -0.2) is 4.79 Å². The lowest BCUT2D eigenvalue weighted by molar-refractivity contribution is 0.231. The van der Waals surface area contributed by atoms with Gasteiger partial charge in [0.25, 0.3) is 0 Å². The first-order valence-corrected chi connectivity index (χ1v) is 7.88. The lowest BCUT2D eigenvalue weighted by Crippen LogP contribution is -2.49. The molecule has 0 bridgehead atoms. The van der Waals surface area contributed by atoms with Crippen LogP contribution in [-0.4, -0.2) is 13.1 Å². The third-order valence-electron chi connectivity index (χ3n) is 4.58. The molecule has 0 atom stereocenters. The molecule has 0 radical (unpaired) electrons. The van der Waals surface area contributed by atoms with E-state index in [0.29, 0.717) is 0 Å². The van der Waals surface area contributed by atoms with Crippen molar-refractivity contribution in [3.8, 4) is 0 Å². The predicted octanol–water partition coefficient (Wildman–Crippen LogP) is 4.30. The molecular weight excluding hydrogens is 272 g/mol. The second-order valence-corrected chi connectivity index (χ2v) is 5.98. The van der Waals surface area contributed by atoms with E-state index < -0.39 is 0 Å². The molecule has 2 aromatic carbocycles. The molecule has 2 aromatic rings. The molecule has 0 aliphatic heterocycles. The minimum absolute atomic E-state index is 0.0445. The number of urea groups is 1. The van der Waals surface area contributed by atoms with Crippen LogP contribution in [0.2, 0.25) is 0 Å². The van der Waals surface area contributed by atoms with Crippen LogP contribution in [0.15, 0.2) is 60.7 Å². The van der Waals surface area contributed by atoms with Gasteiger partial charge in [0, 0.05) is 12.7 Å². The molecule has 0 saturated heterocycles. The number of benzene rings is 2. The first-order valence-electron chi connectivity index (χ1n) is 7.88. The van der Waals surface area contributed by atoms with Gasteiger partial charge in [-0.3, -0.25) is 4.90 Å². The van der Waals surface area contributed by atoms with Gasteiger partial charge in [0.15, 0.2) is 0 Å². The van der Waals surface area contributed by atoms with Crippen molar-refractivity contribution in [2.45, 2.75) is 31.2 Å². The first kappa shape index (κ1) is 14.6. The van der Waals surface area contributed by atoms with Crippen LogP contribution < -0.4 is 10.2 Å². The Morgan fingerprint density at radius 1 is 0.955 bits per heavy atom. The van der Waals surface area contributed by atoms with Crippen molar-refractivity contribution >= 4 is 11.7 Å². The normalized spacial score (nSPS) is 16.2. The monoisotopic (exact) mass is 294 g/mol. The summed E-state index contributed by atoms with van der Waals surface area (Å²) < 4.78 is 0. The van der Waals surface area contributed by atoms with Gasteiger partial charge in [0.05, 0.1) is 5.54 Å². The van der Waals surface area contributed by atoms with Crippen molar-refractivity contribution in [2.75, 3.05) is 11.9 Å². The highest BCUT2D eigenvalue weighted by Crippen LogP contribution is 2.38. The minimum atomic E-state index is -0.221. The molecule has 2 amide bonds. The molecule has 0 aromatic heterocycles. The number of rotatable bonds is 3. The number of carbonyl (C=O) groups is 1. The fourth-order valence-electron chi connectivity index (χ4n) is 3.28. The van der Waals surface area contributed by atoms with Crippen LogP contribution in [0.25, 0.3) is 0 Å². The molecule has 1 saturated carbocycles. The van der Waals surface area contributed by atoms with Gasteiger partial charge in [-0.2, -0.15) is 0 Å². The Morgan fingerprint density at radius 3 is 2.09 bits per heavy atom. The van der Waals surface area contributed by atoms with E-state index in [-0.39, 0.29) is 11.6 Å². The average molecular weight is 294 g/mol. The van der Waals surface area contributed by atoms with Crippen LogP contribution in [0.3, 0.4) is 0 Å². The van der Waals surface area contributed by atoms with Crippen molar-refractivity contribution in [3.63, 3.8) is 0 Å². The molecule has 0 spiro atoms. The Bertz CT molecular complexity index is 618. The zero-order chi connectivity index (χ0) is 15.4. The summed E-state index contributed by atoms with van der Waals surface area (Å²) in [4.78, 5) is 14.4. The largest absolute Gasteiger partial charge is 0.328 e. The van der Waals surface area contributed by atoms with Crippen molar-refractivity contribution in [1.29, 1.82) is 0 Å². The minimum Gasteiger partial charge on any atom is -0.328 e. The van der Waals surface area contributed by atoms with E-state index in [4.69, 9.17) is 0 Å². The Balaban J connectivity index is 1.81. The number of anilines is 1. The Kier molecular flexibility index (Phi) is 4.14. The molecule has 3 heteroatoms. The lowest BCUT2D eigenvalue weighted by Gasteiger charge is -2.33. The molecule has 0 unspecified atom stereocenters. The van der Waals surface area contributed by atoms with Crippen molar-refractivity contribution in [1.82, 2.24) is 5.32 Å². The molecule has 114 valence electrons. The second-order valence-electron chi connectivity index (χ2n) is 5.98. The molecule has 3 nitrogen and oxygen atoms in total. The van der Waals surface area contributed by atoms with E-state index in [1.165, 1.54) is 5.56 Å². The molecule has 1 fully saturated rings. The molecule has 1 aliphatic rings. The number of amides is 2. The van der Waals surface area contributed by atoms with Gasteiger partial charge in [-0.05, 0) is 30.5 Å². The zero-order valence-electron chi connectivity index (χ0n) is 13.0. The van der Waals surface area contributed by atoms with Gasteiger partial charge in [0.2, 0.25) is 0 Å². The van der Waals surface area contributed by atoms with Gasteiger partial charge in [-0.15, -0.1) is 0 Å². The summed E-state index contributed by atoms with van der Waals surface area (Å²) >= 11 is 0. The zero-order valence-corrected chi connectivity index (χ0v) is 13.0. The van der Waals surface area contributed by atoms with Gasteiger partial charge >= 0.3 is 6.03 Å². The predicted molar refractivity (Wildman–Crippen MR) is 90.0 cm³/mol. The van der Waals surface area contributed by atoms with Crippen LogP contribution in [0.4, 0.5) is 10.5 Å². The number of nitrogens with one attached hydrogen (secondary N) is 1. The Morgan fingerprint density at radius 2 is 1.50 bits per heavy atom. The number of hydrogen-bond acceptors (Lipinski definition) is 1. The number of nitrogens with zero attached hydrogens (tertiary/aromatic N) is 1. The highest BCUT2D eigenvalue weighted by molar-refractivity contribution is 5.92. The fraction of sp³-hybridized carbons (Fsp3) is 0.316. The van der Waals surface area contributed by atoms with E-state index in [0.717, 1.165) is 31.4 Å². The van der Waals surface area contributed by atoms with Crippen molar-refractivity contribution in [2.24, 2.45) is 0 Å². The van der Waals surface area contributed by atoms with Gasteiger partial charge in [-0.1, -0.05) is 61.4 Å². The number of hydrogen-bond donors (Lipinski definition) is 1. The van der Waals surface area contributed by atoms with E-state index in [1.54, 1.807) is 4.90 Å². The molecule has 0 heterocycles. The topological polar surface area (TPSA) is 32.3 Å². The maximum absolute atomic E-state index is 12.7. The molecule has 1 N–H and O–H groups in total. The molecular formula is C19H22N2O. The summed E-state index contributed by atoms with van der Waals surface area (Å²) in [6.07, 6.45) is 4.32. The van der Waals surface area contributed by atoms with Crippen LogP contribution in [0.1, 0.15) is 31.2 Å². The highest BCUT2D eigenvalue weighted by atomic mass is 16.2. The fourth-order valence-corrected chi connectivity index (χ4v) is 3.28. The maximum atomic E-state index is 12.7. The Labute approximate surface area is 132 Å². The summed E-state index contributed by atoms with van der Waals surface area (Å²) in [7, 11) is 1.82. The average Bonchev–Trinajstić information content (AvgIpc) is 3.05. The summed E-state index contributed by atoms with van der Waals surface area (Å²) in [6, 6.07) is 20.0. The van der Waals surface area contributed by atoms with Crippen LogP contribution in [0, 0.1) is 0 Å². The quantitative estimate of drug-likeness (QED) is 0.899. The van der Waals surface area contributed by atoms with Crippen molar-refractivity contribution < 1.29 is 4.79 Å². The van der Waals surface area contributed by atoms with Gasteiger partial charge in [0.1, 0.15) is 0 Å². The van der Waals surface area contributed by atoms with E-state index in [9.17, 15) is 4.79 Å². The maximum Gasteiger partial charge on any atom is 0.322 e. The second kappa shape index (κ2) is 6.22. The van der Waals surface area contributed by atoms with Crippen molar-refractivity contribution in [3.05, 3.63) is 66.2 Å². The summed E-state index contributed by atoms with van der Waals surface area (Å²) in [5, 5.41) is 3.29. The van der Waals surface area contributed by atoms with Crippen LogP contribution >= 0.6 is 0 Å². The third kappa shape index (κ3) is 2.84. The molecule has 22 heavy (non-hydrogen) atoms. The lowest BCUT2D eigenvalue weighted by atomic mass is 9.88.